The van der Waals surface area contributed by atoms with Crippen molar-refractivity contribution in [2.24, 2.45) is 0 Å². The molecule has 0 saturated heterocycles. The Hall–Kier alpha value is -1.45. The van der Waals surface area contributed by atoms with Gasteiger partial charge in [0.15, 0.2) is 0 Å². The topological polar surface area (TPSA) is 29.9 Å². The summed E-state index contributed by atoms with van der Waals surface area (Å²) in [4.78, 5) is 4.21. The van der Waals surface area contributed by atoms with Gasteiger partial charge in [0, 0.05) is 34.7 Å². The van der Waals surface area contributed by atoms with E-state index in [9.17, 15) is 0 Å². The van der Waals surface area contributed by atoms with Crippen molar-refractivity contribution in [3.8, 4) is 0 Å². The van der Waals surface area contributed by atoms with Crippen molar-refractivity contribution < 1.29 is 0 Å². The molecule has 0 fully saturated rings. The van der Waals surface area contributed by atoms with E-state index >= 15 is 0 Å². The number of nitrogens with zero attached hydrogens (tertiary/aromatic N) is 2. The number of anilines is 2. The van der Waals surface area contributed by atoms with Gasteiger partial charge in [-0.2, -0.15) is 0 Å². The third kappa shape index (κ3) is 3.02. The smallest absolute Gasteiger partial charge is 0.207 e. The van der Waals surface area contributed by atoms with Crippen LogP contribution in [0.5, 0.6) is 0 Å². The van der Waals surface area contributed by atoms with E-state index in [2.05, 4.69) is 16.9 Å². The molecule has 0 unspecified atom stereocenters. The van der Waals surface area contributed by atoms with Crippen LogP contribution in [0.2, 0.25) is 10.0 Å². The summed E-state index contributed by atoms with van der Waals surface area (Å²) in [6.07, 6.45) is 5.39. The maximum absolute atomic E-state index is 5.92. The zero-order chi connectivity index (χ0) is 12.3. The molecule has 2 aromatic rings. The number of hydrogen-bond donors (Lipinski definition) is 1. The molecule has 1 aromatic carbocycles. The van der Waals surface area contributed by atoms with Crippen LogP contribution in [0.15, 0.2) is 43.2 Å². The predicted octanol–water partition coefficient (Wildman–Crippen LogP) is 4.12. The van der Waals surface area contributed by atoms with E-state index in [4.69, 9.17) is 23.2 Å². The molecule has 0 bridgehead atoms. The highest BCUT2D eigenvalue weighted by Gasteiger charge is 2.03. The maximum atomic E-state index is 5.92. The molecule has 0 saturated carbocycles. The van der Waals surface area contributed by atoms with E-state index in [0.717, 1.165) is 11.6 Å². The normalized spacial score (nSPS) is 10.2. The summed E-state index contributed by atoms with van der Waals surface area (Å²) in [6, 6.07) is 5.27. The SMILES string of the molecule is C=CCn1ccnc1Nc1cc(Cl)cc(Cl)c1. The van der Waals surface area contributed by atoms with Crippen molar-refractivity contribution in [3.63, 3.8) is 0 Å². The number of imidazole rings is 1. The molecule has 1 aromatic heterocycles. The Balaban J connectivity index is 2.24. The van der Waals surface area contributed by atoms with Gasteiger partial charge in [-0.3, -0.25) is 0 Å². The van der Waals surface area contributed by atoms with Crippen LogP contribution in [0.1, 0.15) is 0 Å². The minimum absolute atomic E-state index is 0.585. The Bertz CT molecular complexity index is 514. The van der Waals surface area contributed by atoms with Gasteiger partial charge in [0.25, 0.3) is 0 Å². The highest BCUT2D eigenvalue weighted by Crippen LogP contribution is 2.24. The number of halogens is 2. The molecule has 0 aliphatic heterocycles. The van der Waals surface area contributed by atoms with Crippen molar-refractivity contribution >= 4 is 34.8 Å². The molecule has 2 rings (SSSR count). The first-order valence-corrected chi connectivity index (χ1v) is 5.80. The summed E-state index contributed by atoms with van der Waals surface area (Å²) in [5.41, 5.74) is 0.805. The molecule has 0 radical (unpaired) electrons. The second-order valence-electron chi connectivity index (χ2n) is 3.48. The quantitative estimate of drug-likeness (QED) is 0.845. The van der Waals surface area contributed by atoms with Crippen LogP contribution in [0.25, 0.3) is 0 Å². The van der Waals surface area contributed by atoms with Crippen molar-refractivity contribution in [2.45, 2.75) is 6.54 Å². The number of benzene rings is 1. The number of nitrogens with one attached hydrogen (secondary N) is 1. The monoisotopic (exact) mass is 267 g/mol. The Kier molecular flexibility index (Phi) is 3.71. The minimum atomic E-state index is 0.585. The van der Waals surface area contributed by atoms with Crippen LogP contribution in [0.4, 0.5) is 11.6 Å². The highest BCUT2D eigenvalue weighted by molar-refractivity contribution is 6.35. The lowest BCUT2D eigenvalue weighted by molar-refractivity contribution is 0.833. The molecule has 3 nitrogen and oxygen atoms in total. The van der Waals surface area contributed by atoms with Gasteiger partial charge in [-0.1, -0.05) is 29.3 Å². The van der Waals surface area contributed by atoms with E-state index in [-0.39, 0.29) is 0 Å². The summed E-state index contributed by atoms with van der Waals surface area (Å²) in [6.45, 7) is 4.38. The molecule has 17 heavy (non-hydrogen) atoms. The number of rotatable bonds is 4. The number of hydrogen-bond acceptors (Lipinski definition) is 2. The molecule has 0 amide bonds. The number of allylic oxidation sites excluding steroid dienone is 1. The lowest BCUT2D eigenvalue weighted by atomic mass is 10.3. The van der Waals surface area contributed by atoms with Crippen molar-refractivity contribution in [2.75, 3.05) is 5.32 Å². The zero-order valence-electron chi connectivity index (χ0n) is 9.03. The fraction of sp³-hybridized carbons (Fsp3) is 0.0833. The third-order valence-electron chi connectivity index (χ3n) is 2.16. The first-order chi connectivity index (χ1) is 8.19. The second-order valence-corrected chi connectivity index (χ2v) is 4.35. The van der Waals surface area contributed by atoms with Gasteiger partial charge in [0.05, 0.1) is 0 Å². The summed E-state index contributed by atoms with van der Waals surface area (Å²) in [5.74, 6) is 0.725. The van der Waals surface area contributed by atoms with Crippen LogP contribution in [0, 0.1) is 0 Å². The molecule has 5 heteroatoms. The molecule has 0 atom stereocenters. The molecule has 0 spiro atoms. The molecular weight excluding hydrogens is 257 g/mol. The fourth-order valence-corrected chi connectivity index (χ4v) is 2.00. The van der Waals surface area contributed by atoms with Crippen molar-refractivity contribution in [1.29, 1.82) is 0 Å². The summed E-state index contributed by atoms with van der Waals surface area (Å²) >= 11 is 11.8. The van der Waals surface area contributed by atoms with Crippen LogP contribution >= 0.6 is 23.2 Å². The highest BCUT2D eigenvalue weighted by atomic mass is 35.5. The van der Waals surface area contributed by atoms with Crippen LogP contribution in [-0.4, -0.2) is 9.55 Å². The van der Waals surface area contributed by atoms with Crippen LogP contribution in [0.3, 0.4) is 0 Å². The molecular formula is C12H11Cl2N3. The third-order valence-corrected chi connectivity index (χ3v) is 2.60. The Morgan fingerprint density at radius 2 is 2.00 bits per heavy atom. The molecule has 88 valence electrons. The van der Waals surface area contributed by atoms with E-state index in [1.807, 2.05) is 10.8 Å². The van der Waals surface area contributed by atoms with Crippen molar-refractivity contribution in [1.82, 2.24) is 9.55 Å². The largest absolute Gasteiger partial charge is 0.326 e. The Morgan fingerprint density at radius 1 is 1.29 bits per heavy atom. The van der Waals surface area contributed by atoms with Crippen LogP contribution in [-0.2, 0) is 6.54 Å². The van der Waals surface area contributed by atoms with Gasteiger partial charge in [0.2, 0.25) is 5.95 Å². The average molecular weight is 268 g/mol. The summed E-state index contributed by atoms with van der Waals surface area (Å²) < 4.78 is 1.93. The first kappa shape index (κ1) is 12.0. The molecule has 0 aliphatic carbocycles. The lowest BCUT2D eigenvalue weighted by Crippen LogP contribution is -2.01. The summed E-state index contributed by atoms with van der Waals surface area (Å²) in [5, 5.41) is 4.32. The predicted molar refractivity (Wildman–Crippen MR) is 72.2 cm³/mol. The number of aromatic nitrogens is 2. The maximum Gasteiger partial charge on any atom is 0.207 e. The van der Waals surface area contributed by atoms with Gasteiger partial charge in [-0.05, 0) is 18.2 Å². The van der Waals surface area contributed by atoms with Gasteiger partial charge in [-0.15, -0.1) is 6.58 Å². The van der Waals surface area contributed by atoms with E-state index in [1.54, 1.807) is 30.5 Å². The van der Waals surface area contributed by atoms with Crippen molar-refractivity contribution in [3.05, 3.63) is 53.3 Å². The average Bonchev–Trinajstić information content (AvgIpc) is 2.65. The Labute approximate surface area is 110 Å². The summed E-state index contributed by atoms with van der Waals surface area (Å²) in [7, 11) is 0. The van der Waals surface area contributed by atoms with E-state index in [0.29, 0.717) is 16.6 Å². The zero-order valence-corrected chi connectivity index (χ0v) is 10.5. The minimum Gasteiger partial charge on any atom is -0.326 e. The van der Waals surface area contributed by atoms with Gasteiger partial charge in [-0.25, -0.2) is 4.98 Å². The second kappa shape index (κ2) is 5.25. The van der Waals surface area contributed by atoms with Crippen LogP contribution < -0.4 is 5.32 Å². The lowest BCUT2D eigenvalue weighted by Gasteiger charge is -2.08. The Morgan fingerprint density at radius 3 is 2.65 bits per heavy atom. The van der Waals surface area contributed by atoms with E-state index in [1.165, 1.54) is 0 Å². The van der Waals surface area contributed by atoms with Gasteiger partial charge in [0.1, 0.15) is 0 Å². The van der Waals surface area contributed by atoms with Gasteiger partial charge < -0.3 is 9.88 Å². The molecule has 1 N–H and O–H groups in total. The molecule has 1 heterocycles. The van der Waals surface area contributed by atoms with Gasteiger partial charge >= 0.3 is 0 Å². The standard InChI is InChI=1S/C12H11Cl2N3/c1-2-4-17-5-3-15-12(17)16-11-7-9(13)6-10(14)8-11/h2-3,5-8H,1,4H2,(H,15,16). The van der Waals surface area contributed by atoms with E-state index < -0.39 is 0 Å². The fourth-order valence-electron chi connectivity index (χ4n) is 1.47. The molecule has 0 aliphatic rings. The first-order valence-electron chi connectivity index (χ1n) is 5.04.